The Balaban J connectivity index is 2.01. The third-order valence-corrected chi connectivity index (χ3v) is 5.05. The summed E-state index contributed by atoms with van der Waals surface area (Å²) in [5.74, 6) is -2.87. The first-order valence-corrected chi connectivity index (χ1v) is 9.29. The van der Waals surface area contributed by atoms with E-state index >= 15 is 0 Å². The van der Waals surface area contributed by atoms with Crippen LogP contribution in [0.1, 0.15) is 41.4 Å². The van der Waals surface area contributed by atoms with Crippen molar-refractivity contribution in [3.05, 3.63) is 41.1 Å². The number of rotatable bonds is 7. The lowest BCUT2D eigenvalue weighted by Gasteiger charge is -2.29. The molecule has 8 heteroatoms. The predicted octanol–water partition coefficient (Wildman–Crippen LogP) is 1.66. The molecule has 1 aromatic carbocycles. The second-order valence-corrected chi connectivity index (χ2v) is 6.84. The molecule has 2 heterocycles. The first kappa shape index (κ1) is 19.8. The fraction of sp³-hybridized carbons (Fsp3) is 0.400. The van der Waals surface area contributed by atoms with Gasteiger partial charge < -0.3 is 15.5 Å². The number of carboxylic acid groups (broad SMARTS) is 2. The lowest BCUT2D eigenvalue weighted by Crippen LogP contribution is -2.42. The van der Waals surface area contributed by atoms with E-state index in [2.05, 4.69) is 10.2 Å². The van der Waals surface area contributed by atoms with E-state index in [9.17, 15) is 19.5 Å². The Kier molecular flexibility index (Phi) is 5.89. The van der Waals surface area contributed by atoms with Gasteiger partial charge in [-0.25, -0.2) is 4.79 Å². The van der Waals surface area contributed by atoms with E-state index < -0.39 is 23.9 Å². The standard InChI is InChI=1S/C20H23N3O5/c1-2-23-10-9-15-13(11-23)18(12-5-3-4-6-14(12)21-15)19(26)22-16(20(27)28)7-8-17(24)25/h3-6,16H,2,7-11H2,1H3,(H,22,26)(H,24,25)(H,27,28). The van der Waals surface area contributed by atoms with E-state index in [-0.39, 0.29) is 12.8 Å². The molecule has 1 aromatic heterocycles. The maximum Gasteiger partial charge on any atom is 0.326 e. The third-order valence-electron chi connectivity index (χ3n) is 5.05. The highest BCUT2D eigenvalue weighted by Crippen LogP contribution is 2.28. The minimum absolute atomic E-state index is 0.178. The molecule has 148 valence electrons. The van der Waals surface area contributed by atoms with Crippen LogP contribution in [-0.4, -0.2) is 57.1 Å². The maximum atomic E-state index is 13.1. The van der Waals surface area contributed by atoms with Crippen LogP contribution in [0.4, 0.5) is 0 Å². The average Bonchev–Trinajstić information content (AvgIpc) is 2.68. The van der Waals surface area contributed by atoms with Gasteiger partial charge in [-0.2, -0.15) is 0 Å². The van der Waals surface area contributed by atoms with E-state index in [1.165, 1.54) is 0 Å². The summed E-state index contributed by atoms with van der Waals surface area (Å²) >= 11 is 0. The fourth-order valence-corrected chi connectivity index (χ4v) is 3.53. The summed E-state index contributed by atoms with van der Waals surface area (Å²) in [6.45, 7) is 4.31. The van der Waals surface area contributed by atoms with Crippen molar-refractivity contribution >= 4 is 28.7 Å². The number of aliphatic carboxylic acids is 2. The number of amides is 1. The van der Waals surface area contributed by atoms with Gasteiger partial charge in [0.05, 0.1) is 11.1 Å². The summed E-state index contributed by atoms with van der Waals surface area (Å²) in [6, 6.07) is 6.02. The van der Waals surface area contributed by atoms with Gasteiger partial charge in [0.2, 0.25) is 0 Å². The van der Waals surface area contributed by atoms with Crippen LogP contribution < -0.4 is 5.32 Å². The normalized spacial score (nSPS) is 15.0. The quantitative estimate of drug-likeness (QED) is 0.663. The largest absolute Gasteiger partial charge is 0.481 e. The summed E-state index contributed by atoms with van der Waals surface area (Å²) in [5, 5.41) is 21.4. The van der Waals surface area contributed by atoms with Gasteiger partial charge in [-0.15, -0.1) is 0 Å². The molecular formula is C20H23N3O5. The fourth-order valence-electron chi connectivity index (χ4n) is 3.53. The highest BCUT2D eigenvalue weighted by atomic mass is 16.4. The monoisotopic (exact) mass is 385 g/mol. The molecule has 1 aliphatic rings. The molecule has 0 saturated heterocycles. The number of hydrogen-bond donors (Lipinski definition) is 3. The molecule has 1 unspecified atom stereocenters. The summed E-state index contributed by atoms with van der Waals surface area (Å²) < 4.78 is 0. The number of pyridine rings is 1. The predicted molar refractivity (Wildman–Crippen MR) is 102 cm³/mol. The molecule has 2 aromatic rings. The number of nitrogens with one attached hydrogen (secondary N) is 1. The van der Waals surface area contributed by atoms with Crippen LogP contribution >= 0.6 is 0 Å². The van der Waals surface area contributed by atoms with Gasteiger partial charge in [0, 0.05) is 42.6 Å². The van der Waals surface area contributed by atoms with Crippen molar-refractivity contribution < 1.29 is 24.6 Å². The lowest BCUT2D eigenvalue weighted by molar-refractivity contribution is -0.140. The average molecular weight is 385 g/mol. The number of carbonyl (C=O) groups excluding carboxylic acids is 1. The molecule has 1 aliphatic heterocycles. The highest BCUT2D eigenvalue weighted by molar-refractivity contribution is 6.08. The van der Waals surface area contributed by atoms with Crippen molar-refractivity contribution in [2.24, 2.45) is 0 Å². The van der Waals surface area contributed by atoms with E-state index in [0.717, 1.165) is 30.8 Å². The number of carbonyl (C=O) groups is 3. The minimum atomic E-state index is -1.27. The third kappa shape index (κ3) is 4.12. The summed E-state index contributed by atoms with van der Waals surface area (Å²) in [7, 11) is 0. The smallest absolute Gasteiger partial charge is 0.326 e. The Morgan fingerprint density at radius 3 is 2.68 bits per heavy atom. The second kappa shape index (κ2) is 8.35. The summed E-state index contributed by atoms with van der Waals surface area (Å²) in [6.07, 6.45) is 0.203. The van der Waals surface area contributed by atoms with E-state index in [4.69, 9.17) is 10.1 Å². The molecule has 1 atom stereocenters. The Labute approximate surface area is 162 Å². The zero-order valence-electron chi connectivity index (χ0n) is 15.6. The van der Waals surface area contributed by atoms with E-state index in [0.29, 0.717) is 23.0 Å². The van der Waals surface area contributed by atoms with Gasteiger partial charge in [-0.1, -0.05) is 25.1 Å². The Hall–Kier alpha value is -3.00. The van der Waals surface area contributed by atoms with Crippen LogP contribution in [0.5, 0.6) is 0 Å². The first-order valence-electron chi connectivity index (χ1n) is 9.29. The molecule has 0 radical (unpaired) electrons. The number of carboxylic acids is 2. The SMILES string of the molecule is CCN1CCc2nc3ccccc3c(C(=O)NC(CCC(=O)O)C(=O)O)c2C1. The van der Waals surface area contributed by atoms with Gasteiger partial charge in [0.1, 0.15) is 6.04 Å². The summed E-state index contributed by atoms with van der Waals surface area (Å²) in [5.41, 5.74) is 2.78. The number of benzene rings is 1. The topological polar surface area (TPSA) is 120 Å². The van der Waals surface area contributed by atoms with Crippen LogP contribution in [0.15, 0.2) is 24.3 Å². The summed E-state index contributed by atoms with van der Waals surface area (Å²) in [4.78, 5) is 42.3. The van der Waals surface area contributed by atoms with Crippen LogP contribution in [0, 0.1) is 0 Å². The first-order chi connectivity index (χ1) is 13.4. The Bertz CT molecular complexity index is 927. The zero-order valence-corrected chi connectivity index (χ0v) is 15.6. The van der Waals surface area contributed by atoms with Crippen molar-refractivity contribution in [2.45, 2.75) is 38.8 Å². The van der Waals surface area contributed by atoms with Crippen molar-refractivity contribution in [1.29, 1.82) is 0 Å². The number of nitrogens with zero attached hydrogens (tertiary/aromatic N) is 2. The molecule has 8 nitrogen and oxygen atoms in total. The number of aromatic nitrogens is 1. The minimum Gasteiger partial charge on any atom is -0.481 e. The second-order valence-electron chi connectivity index (χ2n) is 6.84. The van der Waals surface area contributed by atoms with E-state index in [1.807, 2.05) is 25.1 Å². The van der Waals surface area contributed by atoms with Crippen molar-refractivity contribution in [2.75, 3.05) is 13.1 Å². The van der Waals surface area contributed by atoms with Gasteiger partial charge in [-0.05, 0) is 19.0 Å². The number of para-hydroxylation sites is 1. The highest BCUT2D eigenvalue weighted by Gasteiger charge is 2.28. The van der Waals surface area contributed by atoms with Gasteiger partial charge in [0.25, 0.3) is 5.91 Å². The molecular weight excluding hydrogens is 362 g/mol. The molecule has 0 fully saturated rings. The molecule has 28 heavy (non-hydrogen) atoms. The van der Waals surface area contributed by atoms with E-state index in [1.54, 1.807) is 6.07 Å². The van der Waals surface area contributed by atoms with Crippen LogP contribution in [0.25, 0.3) is 10.9 Å². The Morgan fingerprint density at radius 1 is 1.25 bits per heavy atom. The number of likely N-dealkylation sites (N-methyl/N-ethyl adjacent to an activating group) is 1. The van der Waals surface area contributed by atoms with Gasteiger partial charge in [-0.3, -0.25) is 19.5 Å². The van der Waals surface area contributed by atoms with Crippen LogP contribution in [-0.2, 0) is 22.6 Å². The molecule has 3 rings (SSSR count). The van der Waals surface area contributed by atoms with Crippen molar-refractivity contribution in [3.63, 3.8) is 0 Å². The van der Waals surface area contributed by atoms with Crippen LogP contribution in [0.2, 0.25) is 0 Å². The van der Waals surface area contributed by atoms with Gasteiger partial charge >= 0.3 is 11.9 Å². The van der Waals surface area contributed by atoms with Gasteiger partial charge in [0.15, 0.2) is 0 Å². The van der Waals surface area contributed by atoms with Crippen LogP contribution in [0.3, 0.4) is 0 Å². The molecule has 1 amide bonds. The van der Waals surface area contributed by atoms with Crippen molar-refractivity contribution in [1.82, 2.24) is 15.2 Å². The Morgan fingerprint density at radius 2 is 2.00 bits per heavy atom. The lowest BCUT2D eigenvalue weighted by atomic mass is 9.95. The number of fused-ring (bicyclic) bond motifs is 2. The zero-order chi connectivity index (χ0) is 20.3. The maximum absolute atomic E-state index is 13.1. The molecule has 0 bridgehead atoms. The molecule has 0 saturated carbocycles. The number of hydrogen-bond acceptors (Lipinski definition) is 5. The molecule has 0 aliphatic carbocycles. The molecule has 0 spiro atoms. The van der Waals surface area contributed by atoms with Crippen molar-refractivity contribution in [3.8, 4) is 0 Å². The molecule has 3 N–H and O–H groups in total.